The number of nitro groups is 1. The average Bonchev–Trinajstić information content (AvgIpc) is 2.78. The number of nitrogens with one attached hydrogen (secondary N) is 2. The minimum absolute atomic E-state index is 0.221. The summed E-state index contributed by atoms with van der Waals surface area (Å²) >= 11 is 0. The standard InChI is InChI=1S/C20H20N6O7/c1-10-5-16(24-20(30)22-2)23-9-14(10)25(3)19(29)12(8-21)17(27)11-6-13(26(31)32)18(28)15(7-11)33-4/h5-7,9,27-28H,1-4H3,(H2,22,23,24,30)/b17-12-. The number of aliphatic hydroxyl groups excluding tert-OH is 1. The molecule has 13 nitrogen and oxygen atoms in total. The molecule has 1 heterocycles. The number of nitriles is 1. The number of carbonyl (C=O) groups is 2. The Morgan fingerprint density at radius 3 is 2.52 bits per heavy atom. The highest BCUT2D eigenvalue weighted by Crippen LogP contribution is 2.39. The fourth-order valence-electron chi connectivity index (χ4n) is 2.80. The molecule has 0 aliphatic heterocycles. The Balaban J connectivity index is 2.49. The van der Waals surface area contributed by atoms with E-state index in [0.717, 1.165) is 24.1 Å². The van der Waals surface area contributed by atoms with E-state index in [0.29, 0.717) is 5.56 Å². The molecule has 2 rings (SSSR count). The number of anilines is 2. The van der Waals surface area contributed by atoms with Gasteiger partial charge in [-0.05, 0) is 24.6 Å². The van der Waals surface area contributed by atoms with Crippen molar-refractivity contribution < 1.29 is 29.5 Å². The Morgan fingerprint density at radius 2 is 2.00 bits per heavy atom. The third kappa shape index (κ3) is 5.07. The topological polar surface area (TPSA) is 191 Å². The number of aromatic nitrogens is 1. The van der Waals surface area contributed by atoms with Gasteiger partial charge in [0.15, 0.2) is 11.3 Å². The van der Waals surface area contributed by atoms with Crippen LogP contribution in [0.25, 0.3) is 5.76 Å². The number of aliphatic hydroxyl groups is 1. The quantitative estimate of drug-likeness (QED) is 0.166. The zero-order valence-corrected chi connectivity index (χ0v) is 18.0. The molecule has 2 aromatic rings. The van der Waals surface area contributed by atoms with Crippen molar-refractivity contribution in [2.75, 3.05) is 31.4 Å². The molecule has 13 heteroatoms. The molecule has 1 aromatic heterocycles. The van der Waals surface area contributed by atoms with E-state index in [1.807, 2.05) is 0 Å². The number of urea groups is 1. The molecule has 0 saturated heterocycles. The minimum Gasteiger partial charge on any atom is -0.506 e. The van der Waals surface area contributed by atoms with E-state index in [4.69, 9.17) is 4.74 Å². The number of nitrogens with zero attached hydrogens (tertiary/aromatic N) is 4. The first-order valence-corrected chi connectivity index (χ1v) is 9.18. The molecule has 0 spiro atoms. The molecule has 1 aromatic carbocycles. The van der Waals surface area contributed by atoms with Crippen LogP contribution in [0.2, 0.25) is 0 Å². The van der Waals surface area contributed by atoms with Gasteiger partial charge < -0.3 is 25.2 Å². The highest BCUT2D eigenvalue weighted by molar-refractivity contribution is 6.12. The summed E-state index contributed by atoms with van der Waals surface area (Å²) in [6, 6.07) is 4.46. The van der Waals surface area contributed by atoms with Crippen LogP contribution in [0.3, 0.4) is 0 Å². The first-order valence-electron chi connectivity index (χ1n) is 9.18. The highest BCUT2D eigenvalue weighted by Gasteiger charge is 2.26. The second-order valence-electron chi connectivity index (χ2n) is 6.56. The van der Waals surface area contributed by atoms with Crippen molar-refractivity contribution in [3.8, 4) is 17.6 Å². The zero-order valence-electron chi connectivity index (χ0n) is 18.0. The number of amides is 3. The number of aryl methyl sites for hydroxylation is 1. The SMILES string of the molecule is CNC(=O)Nc1cc(C)c(N(C)C(=O)/C(C#N)=C(\O)c2cc(OC)c(O)c([N+](=O)[O-])c2)cn1. The first kappa shape index (κ1) is 24.4. The predicted molar refractivity (Wildman–Crippen MR) is 117 cm³/mol. The van der Waals surface area contributed by atoms with Crippen LogP contribution in [0.5, 0.6) is 11.5 Å². The van der Waals surface area contributed by atoms with Crippen LogP contribution in [0.15, 0.2) is 30.0 Å². The van der Waals surface area contributed by atoms with Crippen molar-refractivity contribution in [3.63, 3.8) is 0 Å². The third-order valence-corrected chi connectivity index (χ3v) is 4.53. The van der Waals surface area contributed by atoms with Gasteiger partial charge in [-0.1, -0.05) is 0 Å². The van der Waals surface area contributed by atoms with Crippen molar-refractivity contribution in [1.82, 2.24) is 10.3 Å². The monoisotopic (exact) mass is 456 g/mol. The Labute approximate surface area is 187 Å². The molecule has 0 aliphatic rings. The number of benzene rings is 1. The van der Waals surface area contributed by atoms with E-state index in [-0.39, 0.29) is 22.8 Å². The van der Waals surface area contributed by atoms with Crippen LogP contribution in [-0.2, 0) is 4.79 Å². The fourth-order valence-corrected chi connectivity index (χ4v) is 2.80. The summed E-state index contributed by atoms with van der Waals surface area (Å²) in [6.45, 7) is 1.64. The lowest BCUT2D eigenvalue weighted by Crippen LogP contribution is -2.29. The number of ether oxygens (including phenoxy) is 1. The number of likely N-dealkylation sites (N-methyl/N-ethyl adjacent to an activating group) is 1. The minimum atomic E-state index is -0.929. The molecule has 0 bridgehead atoms. The van der Waals surface area contributed by atoms with E-state index >= 15 is 0 Å². The molecule has 0 saturated carbocycles. The van der Waals surface area contributed by atoms with Gasteiger partial charge in [0.25, 0.3) is 5.91 Å². The molecule has 4 N–H and O–H groups in total. The molecule has 0 fully saturated rings. The van der Waals surface area contributed by atoms with Crippen LogP contribution >= 0.6 is 0 Å². The van der Waals surface area contributed by atoms with Crippen molar-refractivity contribution in [1.29, 1.82) is 5.26 Å². The van der Waals surface area contributed by atoms with Gasteiger partial charge in [-0.2, -0.15) is 5.26 Å². The predicted octanol–water partition coefficient (Wildman–Crippen LogP) is 2.22. The smallest absolute Gasteiger partial charge is 0.320 e. The second kappa shape index (κ2) is 9.96. The van der Waals surface area contributed by atoms with Crippen LogP contribution in [0.1, 0.15) is 11.1 Å². The number of phenols is 1. The molecule has 0 atom stereocenters. The van der Waals surface area contributed by atoms with E-state index in [1.54, 1.807) is 13.0 Å². The summed E-state index contributed by atoms with van der Waals surface area (Å²) in [6.07, 6.45) is 1.29. The summed E-state index contributed by atoms with van der Waals surface area (Å²) in [5, 5.41) is 46.0. The zero-order chi connectivity index (χ0) is 24.9. The van der Waals surface area contributed by atoms with Crippen LogP contribution in [-0.4, -0.2) is 53.3 Å². The van der Waals surface area contributed by atoms with Gasteiger partial charge in [-0.3, -0.25) is 20.2 Å². The largest absolute Gasteiger partial charge is 0.506 e. The van der Waals surface area contributed by atoms with E-state index in [1.165, 1.54) is 26.4 Å². The summed E-state index contributed by atoms with van der Waals surface area (Å²) < 4.78 is 4.87. The lowest BCUT2D eigenvalue weighted by atomic mass is 10.1. The van der Waals surface area contributed by atoms with Gasteiger partial charge in [-0.25, -0.2) is 9.78 Å². The van der Waals surface area contributed by atoms with Gasteiger partial charge in [0.1, 0.15) is 17.6 Å². The molecule has 3 amide bonds. The van der Waals surface area contributed by atoms with E-state index in [2.05, 4.69) is 15.6 Å². The normalized spacial score (nSPS) is 11.0. The number of hydrogen-bond acceptors (Lipinski definition) is 9. The van der Waals surface area contributed by atoms with Gasteiger partial charge in [0.05, 0.1) is 23.9 Å². The van der Waals surface area contributed by atoms with Crippen molar-refractivity contribution in [2.24, 2.45) is 0 Å². The van der Waals surface area contributed by atoms with Crippen molar-refractivity contribution >= 4 is 34.9 Å². The first-order chi connectivity index (χ1) is 15.5. The van der Waals surface area contributed by atoms with Gasteiger partial charge in [-0.15, -0.1) is 0 Å². The fraction of sp³-hybridized carbons (Fsp3) is 0.200. The van der Waals surface area contributed by atoms with Crippen molar-refractivity contribution in [2.45, 2.75) is 6.92 Å². The number of phenolic OH excluding ortho intramolecular Hbond substituents is 1. The van der Waals surface area contributed by atoms with E-state index < -0.39 is 39.6 Å². The van der Waals surface area contributed by atoms with Crippen LogP contribution in [0.4, 0.5) is 22.0 Å². The number of carbonyl (C=O) groups excluding carboxylic acids is 2. The maximum absolute atomic E-state index is 13.0. The maximum atomic E-state index is 13.0. The lowest BCUT2D eigenvalue weighted by Gasteiger charge is -2.20. The lowest BCUT2D eigenvalue weighted by molar-refractivity contribution is -0.386. The number of nitro benzene ring substituents is 1. The molecule has 0 radical (unpaired) electrons. The highest BCUT2D eigenvalue weighted by atomic mass is 16.6. The summed E-state index contributed by atoms with van der Waals surface area (Å²) in [4.78, 5) is 39.8. The molecule has 0 aliphatic carbocycles. The molecule has 33 heavy (non-hydrogen) atoms. The summed E-state index contributed by atoms with van der Waals surface area (Å²) in [5.74, 6) is -2.66. The number of hydrogen-bond donors (Lipinski definition) is 4. The van der Waals surface area contributed by atoms with Crippen LogP contribution < -0.4 is 20.3 Å². The molecular formula is C20H20N6O7. The molecule has 172 valence electrons. The van der Waals surface area contributed by atoms with Gasteiger partial charge >= 0.3 is 11.7 Å². The Hall–Kier alpha value is -4.86. The Morgan fingerprint density at radius 1 is 1.33 bits per heavy atom. The molecular weight excluding hydrogens is 436 g/mol. The number of rotatable bonds is 6. The summed E-state index contributed by atoms with van der Waals surface area (Å²) in [7, 11) is 3.91. The van der Waals surface area contributed by atoms with Gasteiger partial charge in [0.2, 0.25) is 5.75 Å². The maximum Gasteiger partial charge on any atom is 0.320 e. The van der Waals surface area contributed by atoms with Gasteiger partial charge in [0, 0.05) is 25.7 Å². The Bertz CT molecular complexity index is 1200. The second-order valence-corrected chi connectivity index (χ2v) is 6.56. The molecule has 0 unspecified atom stereocenters. The Kier molecular flexibility index (Phi) is 7.37. The van der Waals surface area contributed by atoms with Crippen molar-refractivity contribution in [3.05, 3.63) is 51.2 Å². The number of aromatic hydroxyl groups is 1. The number of pyridine rings is 1. The number of methoxy groups -OCH3 is 1. The third-order valence-electron chi connectivity index (χ3n) is 4.53. The average molecular weight is 456 g/mol. The summed E-state index contributed by atoms with van der Waals surface area (Å²) in [5.41, 5.74) is -0.988. The van der Waals surface area contributed by atoms with E-state index in [9.17, 15) is 35.2 Å². The van der Waals surface area contributed by atoms with Crippen LogP contribution in [0, 0.1) is 28.4 Å².